The molecule has 0 aromatic heterocycles. The quantitative estimate of drug-likeness (QED) is 0.473. The third-order valence-electron chi connectivity index (χ3n) is 2.95. The van der Waals surface area contributed by atoms with Gasteiger partial charge in [0.05, 0.1) is 11.4 Å². The van der Waals surface area contributed by atoms with Crippen LogP contribution in [0.5, 0.6) is 0 Å². The zero-order valence-electron chi connectivity index (χ0n) is 9.85. The predicted molar refractivity (Wildman–Crippen MR) is 61.3 cm³/mol. The van der Waals surface area contributed by atoms with Gasteiger partial charge in [0.25, 0.3) is 0 Å². The van der Waals surface area contributed by atoms with E-state index < -0.39 is 0 Å². The maximum absolute atomic E-state index is 9.19. The van der Waals surface area contributed by atoms with E-state index in [1.165, 1.54) is 0 Å². The van der Waals surface area contributed by atoms with E-state index in [2.05, 4.69) is 10.3 Å². The Bertz CT molecular complexity index is 272. The van der Waals surface area contributed by atoms with Gasteiger partial charge in [0.1, 0.15) is 0 Å². The summed E-state index contributed by atoms with van der Waals surface area (Å²) in [6, 6.07) is 0. The number of nitrogens with zero attached hydrogens (tertiary/aromatic N) is 2. The molecule has 5 nitrogen and oxygen atoms in total. The topological polar surface area (TPSA) is 85.4 Å². The summed E-state index contributed by atoms with van der Waals surface area (Å²) in [7, 11) is 0. The molecule has 0 unspecified atom stereocenters. The minimum Gasteiger partial charge on any atom is -0.411 e. The van der Waals surface area contributed by atoms with Gasteiger partial charge >= 0.3 is 0 Å². The Morgan fingerprint density at radius 3 is 1.88 bits per heavy atom. The molecule has 1 aliphatic rings. The summed E-state index contributed by atoms with van der Waals surface area (Å²) >= 11 is 0. The zero-order chi connectivity index (χ0) is 12.2. The maximum Gasteiger partial charge on any atom is 0.0580 e. The third-order valence-corrected chi connectivity index (χ3v) is 2.95. The van der Waals surface area contributed by atoms with Crippen molar-refractivity contribution < 1.29 is 15.5 Å². The van der Waals surface area contributed by atoms with Gasteiger partial charge in [-0.1, -0.05) is 24.2 Å². The van der Waals surface area contributed by atoms with Crippen LogP contribution in [-0.2, 0) is 0 Å². The highest BCUT2D eigenvalue weighted by atomic mass is 16.4. The van der Waals surface area contributed by atoms with Crippen LogP contribution in [-0.4, -0.2) is 33.6 Å². The second-order valence-corrected chi connectivity index (χ2v) is 5.31. The Labute approximate surface area is 95.5 Å². The van der Waals surface area contributed by atoms with Gasteiger partial charge in [0, 0.05) is 6.61 Å². The highest BCUT2D eigenvalue weighted by Gasteiger charge is 2.29. The molecule has 3 N–H and O–H groups in total. The Morgan fingerprint density at radius 1 is 1.12 bits per heavy atom. The van der Waals surface area contributed by atoms with Gasteiger partial charge in [-0.15, -0.1) is 0 Å². The lowest BCUT2D eigenvalue weighted by molar-refractivity contribution is 0.223. The first kappa shape index (κ1) is 13.0. The zero-order valence-corrected chi connectivity index (χ0v) is 9.85. The number of oxime groups is 2. The molecule has 0 saturated heterocycles. The first-order valence-electron chi connectivity index (χ1n) is 5.51. The lowest BCUT2D eigenvalue weighted by Crippen LogP contribution is -2.29. The van der Waals surface area contributed by atoms with Crippen LogP contribution in [0, 0.1) is 11.3 Å². The molecule has 0 aromatic carbocycles. The van der Waals surface area contributed by atoms with Crippen molar-refractivity contribution in [3.63, 3.8) is 0 Å². The highest BCUT2D eigenvalue weighted by Crippen LogP contribution is 2.32. The first-order chi connectivity index (χ1) is 7.50. The van der Waals surface area contributed by atoms with Gasteiger partial charge < -0.3 is 15.5 Å². The Kier molecular flexibility index (Phi) is 4.29. The molecule has 0 atom stereocenters. The van der Waals surface area contributed by atoms with E-state index in [1.807, 2.05) is 13.8 Å². The fraction of sp³-hybridized carbons (Fsp3) is 0.818. The molecule has 0 amide bonds. The van der Waals surface area contributed by atoms with Gasteiger partial charge in [-0.2, -0.15) is 0 Å². The molecule has 16 heavy (non-hydrogen) atoms. The molecule has 0 spiro atoms. The highest BCUT2D eigenvalue weighted by molar-refractivity contribution is 5.90. The molecule has 5 heteroatoms. The molecular weight excluding hydrogens is 208 g/mol. The van der Waals surface area contributed by atoms with Crippen LogP contribution in [0.25, 0.3) is 0 Å². The lowest BCUT2D eigenvalue weighted by Gasteiger charge is -2.30. The lowest BCUT2D eigenvalue weighted by atomic mass is 9.76. The van der Waals surface area contributed by atoms with Crippen molar-refractivity contribution in [1.29, 1.82) is 0 Å². The summed E-state index contributed by atoms with van der Waals surface area (Å²) in [6.07, 6.45) is 2.41. The summed E-state index contributed by atoms with van der Waals surface area (Å²) in [5.74, 6) is -0.0205. The summed E-state index contributed by atoms with van der Waals surface area (Å²) < 4.78 is 0. The third kappa shape index (κ3) is 3.48. The monoisotopic (exact) mass is 228 g/mol. The number of aliphatic hydroxyl groups is 1. The fourth-order valence-electron chi connectivity index (χ4n) is 2.33. The summed E-state index contributed by atoms with van der Waals surface area (Å²) in [5.41, 5.74) is 1.34. The molecule has 0 aromatic rings. The molecular formula is C11H20N2O3. The van der Waals surface area contributed by atoms with Crippen molar-refractivity contribution in [2.45, 2.75) is 39.5 Å². The Balaban J connectivity index is 2.87. The SMILES string of the molecule is CC1(C)CC(=NO)CC(CO)CC(=NO)C1. The van der Waals surface area contributed by atoms with Gasteiger partial charge in [0.2, 0.25) is 0 Å². The van der Waals surface area contributed by atoms with Crippen molar-refractivity contribution in [3.05, 3.63) is 0 Å². The molecule has 1 aliphatic carbocycles. The molecule has 0 bridgehead atoms. The predicted octanol–water partition coefficient (Wildman–Crippen LogP) is 1.86. The molecule has 1 fully saturated rings. The molecule has 1 saturated carbocycles. The van der Waals surface area contributed by atoms with Crippen LogP contribution in [0.15, 0.2) is 10.3 Å². The second-order valence-electron chi connectivity index (χ2n) is 5.31. The first-order valence-corrected chi connectivity index (χ1v) is 5.51. The number of aliphatic hydroxyl groups excluding tert-OH is 1. The van der Waals surface area contributed by atoms with Gasteiger partial charge in [-0.25, -0.2) is 0 Å². The average molecular weight is 228 g/mol. The molecule has 0 radical (unpaired) electrons. The number of hydrogen-bond acceptors (Lipinski definition) is 5. The largest absolute Gasteiger partial charge is 0.411 e. The minimum absolute atomic E-state index is 0.0124. The minimum atomic E-state index is -0.0798. The molecule has 0 aliphatic heterocycles. The number of rotatable bonds is 1. The van der Waals surface area contributed by atoms with Crippen LogP contribution in [0.4, 0.5) is 0 Å². The van der Waals surface area contributed by atoms with Crippen LogP contribution in [0.1, 0.15) is 39.5 Å². The second kappa shape index (κ2) is 5.30. The standard InChI is InChI=1S/C11H20N2O3/c1-11(2)5-9(12-15)3-8(7-14)4-10(6-11)13-16/h8,14-16H,3-7H2,1-2H3. The van der Waals surface area contributed by atoms with Crippen molar-refractivity contribution in [3.8, 4) is 0 Å². The van der Waals surface area contributed by atoms with Crippen LogP contribution < -0.4 is 0 Å². The van der Waals surface area contributed by atoms with Gasteiger partial charge in [0.15, 0.2) is 0 Å². The smallest absolute Gasteiger partial charge is 0.0580 e. The number of hydrogen-bond donors (Lipinski definition) is 3. The fourth-order valence-corrected chi connectivity index (χ4v) is 2.33. The summed E-state index contributed by atoms with van der Waals surface area (Å²) in [5, 5.41) is 33.6. The van der Waals surface area contributed by atoms with Crippen LogP contribution in [0.2, 0.25) is 0 Å². The van der Waals surface area contributed by atoms with Crippen LogP contribution >= 0.6 is 0 Å². The van der Waals surface area contributed by atoms with E-state index in [1.54, 1.807) is 0 Å². The molecule has 1 rings (SSSR count). The van der Waals surface area contributed by atoms with E-state index >= 15 is 0 Å². The average Bonchev–Trinajstić information content (AvgIpc) is 2.22. The molecule has 0 heterocycles. The summed E-state index contributed by atoms with van der Waals surface area (Å²) in [4.78, 5) is 0. The van der Waals surface area contributed by atoms with E-state index in [4.69, 9.17) is 10.4 Å². The van der Waals surface area contributed by atoms with Crippen molar-refractivity contribution in [2.75, 3.05) is 6.61 Å². The Hall–Kier alpha value is -1.10. The van der Waals surface area contributed by atoms with Crippen LogP contribution in [0.3, 0.4) is 0 Å². The maximum atomic E-state index is 9.19. The Morgan fingerprint density at radius 2 is 1.56 bits per heavy atom. The van der Waals surface area contributed by atoms with E-state index in [9.17, 15) is 5.11 Å². The van der Waals surface area contributed by atoms with E-state index in [-0.39, 0.29) is 17.9 Å². The van der Waals surface area contributed by atoms with E-state index in [0.29, 0.717) is 37.1 Å². The van der Waals surface area contributed by atoms with Crippen molar-refractivity contribution in [1.82, 2.24) is 0 Å². The van der Waals surface area contributed by atoms with Crippen molar-refractivity contribution in [2.24, 2.45) is 21.6 Å². The van der Waals surface area contributed by atoms with Crippen molar-refractivity contribution >= 4 is 11.4 Å². The van der Waals surface area contributed by atoms with Gasteiger partial charge in [-0.3, -0.25) is 0 Å². The summed E-state index contributed by atoms with van der Waals surface area (Å²) in [6.45, 7) is 4.10. The normalized spacial score (nSPS) is 31.3. The molecule has 92 valence electrons. The van der Waals surface area contributed by atoms with E-state index in [0.717, 1.165) is 0 Å². The van der Waals surface area contributed by atoms with Gasteiger partial charge in [-0.05, 0) is 37.0 Å².